The van der Waals surface area contributed by atoms with Crippen LogP contribution in [0.5, 0.6) is 0 Å². The van der Waals surface area contributed by atoms with Gasteiger partial charge in [0.15, 0.2) is 0 Å². The van der Waals surface area contributed by atoms with Crippen molar-refractivity contribution >= 4 is 0 Å². The largest absolute Gasteiger partial charge is 2.00 e. The van der Waals surface area contributed by atoms with E-state index in [1.165, 1.54) is 289 Å². The van der Waals surface area contributed by atoms with E-state index < -0.39 is 0 Å². The van der Waals surface area contributed by atoms with Crippen molar-refractivity contribution in [3.63, 3.8) is 0 Å². The summed E-state index contributed by atoms with van der Waals surface area (Å²) in [6.07, 6.45) is 66.9. The first-order valence-corrected chi connectivity index (χ1v) is 23.4. The number of rotatable bonds is 44. The zero-order valence-electron chi connectivity index (χ0n) is 36.2. The van der Waals surface area contributed by atoms with Crippen molar-refractivity contribution < 1.29 is 43.2 Å². The fourth-order valence-electron chi connectivity index (χ4n) is 7.75. The van der Waals surface area contributed by atoms with Crippen LogP contribution in [0.25, 0.3) is 0 Å². The van der Waals surface area contributed by atoms with Crippen molar-refractivity contribution in [3.05, 3.63) is 0 Å². The van der Waals surface area contributed by atoms with E-state index in [0.29, 0.717) is 0 Å². The Bertz CT molecular complexity index is 469. The molecule has 0 aromatic heterocycles. The smallest absolute Gasteiger partial charge is 1.00 e. The van der Waals surface area contributed by atoms with Crippen LogP contribution >= 0.6 is 0 Å². The average Bonchev–Trinajstić information content (AvgIpc) is 3.08. The Morgan fingerprint density at radius 1 is 0.140 bits per heavy atom. The van der Waals surface area contributed by atoms with Crippen LogP contribution in [0.2, 0.25) is 0 Å². The van der Waals surface area contributed by atoms with Crippen molar-refractivity contribution in [1.82, 2.24) is 0 Å². The second-order valence-corrected chi connectivity index (χ2v) is 16.2. The molecule has 0 fully saturated rings. The molecule has 0 aliphatic heterocycles. The Morgan fingerprint density at radius 2 is 0.200 bits per heavy atom. The molecule has 0 aliphatic carbocycles. The molecular weight excluding hydrogens is 594 g/mol. The molecule has 50 heavy (non-hydrogen) atoms. The van der Waals surface area contributed by atoms with Crippen molar-refractivity contribution in [3.8, 4) is 0 Å². The van der Waals surface area contributed by atoms with Gasteiger partial charge in [0, 0.05) is 0 Å². The van der Waals surface area contributed by atoms with Crippen molar-refractivity contribution in [2.45, 2.75) is 303 Å². The molecule has 292 valence electrons. The molecule has 3 heteroatoms. The second-order valence-electron chi connectivity index (χ2n) is 16.2. The standard InChI is InChI=1S/C47H96.2Li.O/c1-3-5-7-9-11-13-15-17-19-21-23-25-27-29-31-33-35-37-39-41-43-45-47-46-44-42-40-38-36-34-32-30-28-26-24-22-20-18-16-14-12-10-8-6-4-2;;;/h3-47H2,1-2H3;;;/q;2*+1;-2. The van der Waals surface area contributed by atoms with E-state index in [0.717, 1.165) is 0 Å². The molecule has 0 unspecified atom stereocenters. The molecule has 1 nitrogen and oxygen atoms in total. The van der Waals surface area contributed by atoms with Gasteiger partial charge in [-0.05, 0) is 0 Å². The van der Waals surface area contributed by atoms with Gasteiger partial charge in [-0.2, -0.15) is 0 Å². The van der Waals surface area contributed by atoms with Gasteiger partial charge < -0.3 is 5.48 Å². The minimum absolute atomic E-state index is 0. The summed E-state index contributed by atoms with van der Waals surface area (Å²) in [7, 11) is 0. The van der Waals surface area contributed by atoms with E-state index >= 15 is 0 Å². The minimum Gasteiger partial charge on any atom is -2.00 e. The monoisotopic (exact) mass is 691 g/mol. The third-order valence-electron chi connectivity index (χ3n) is 11.2. The average molecular weight is 691 g/mol. The Balaban J connectivity index is -0.00000353. The van der Waals surface area contributed by atoms with E-state index in [9.17, 15) is 0 Å². The van der Waals surface area contributed by atoms with Gasteiger partial charge in [-0.1, -0.05) is 303 Å². The van der Waals surface area contributed by atoms with Crippen molar-refractivity contribution in [1.29, 1.82) is 0 Å². The molecule has 0 rings (SSSR count). The predicted octanol–water partition coefficient (Wildman–Crippen LogP) is 12.5. The number of hydrogen-bond donors (Lipinski definition) is 0. The first-order chi connectivity index (χ1) is 23.4. The van der Waals surface area contributed by atoms with Gasteiger partial charge in [0.05, 0.1) is 0 Å². The van der Waals surface area contributed by atoms with Gasteiger partial charge in [-0.25, -0.2) is 0 Å². The molecule has 0 aromatic carbocycles. The molecule has 0 aliphatic rings. The Morgan fingerprint density at radius 3 is 0.260 bits per heavy atom. The van der Waals surface area contributed by atoms with E-state index in [2.05, 4.69) is 13.8 Å². The zero-order chi connectivity index (χ0) is 33.8. The molecule has 0 heterocycles. The molecule has 0 bridgehead atoms. The van der Waals surface area contributed by atoms with Crippen LogP contribution in [-0.4, -0.2) is 0 Å². The van der Waals surface area contributed by atoms with Crippen LogP contribution in [0.3, 0.4) is 0 Å². The first kappa shape index (κ1) is 57.9. The van der Waals surface area contributed by atoms with E-state index in [1.807, 2.05) is 0 Å². The van der Waals surface area contributed by atoms with E-state index in [1.54, 1.807) is 0 Å². The molecule has 0 spiro atoms. The predicted molar refractivity (Wildman–Crippen MR) is 220 cm³/mol. The summed E-state index contributed by atoms with van der Waals surface area (Å²) in [6, 6.07) is 0. The van der Waals surface area contributed by atoms with Crippen LogP contribution in [0, 0.1) is 0 Å². The van der Waals surface area contributed by atoms with Crippen LogP contribution in [0.4, 0.5) is 0 Å². The Hall–Kier alpha value is 1.15. The minimum atomic E-state index is 0. The van der Waals surface area contributed by atoms with Gasteiger partial charge >= 0.3 is 37.7 Å². The van der Waals surface area contributed by atoms with Crippen LogP contribution in [-0.2, 0) is 5.48 Å². The fourth-order valence-corrected chi connectivity index (χ4v) is 7.75. The molecule has 0 atom stereocenters. The molecule has 0 radical (unpaired) electrons. The van der Waals surface area contributed by atoms with Gasteiger partial charge in [0.2, 0.25) is 0 Å². The number of unbranched alkanes of at least 4 members (excludes halogenated alkanes) is 44. The molecule has 0 aromatic rings. The third kappa shape index (κ3) is 55.9. The maximum absolute atomic E-state index is 2.31. The molecule has 0 saturated carbocycles. The van der Waals surface area contributed by atoms with Gasteiger partial charge in [-0.15, -0.1) is 0 Å². The summed E-state index contributed by atoms with van der Waals surface area (Å²) >= 11 is 0. The van der Waals surface area contributed by atoms with Crippen molar-refractivity contribution in [2.24, 2.45) is 0 Å². The summed E-state index contributed by atoms with van der Waals surface area (Å²) in [5.41, 5.74) is 0. The summed E-state index contributed by atoms with van der Waals surface area (Å²) < 4.78 is 0. The molecular formula is C47H96Li2O. The summed E-state index contributed by atoms with van der Waals surface area (Å²) in [4.78, 5) is 0. The Kier molecular flexibility index (Phi) is 65.8. The third-order valence-corrected chi connectivity index (χ3v) is 11.2. The fraction of sp³-hybridized carbons (Fsp3) is 1.00. The summed E-state index contributed by atoms with van der Waals surface area (Å²) in [6.45, 7) is 4.62. The van der Waals surface area contributed by atoms with Gasteiger partial charge in [0.1, 0.15) is 0 Å². The van der Waals surface area contributed by atoms with Crippen molar-refractivity contribution in [2.75, 3.05) is 0 Å². The molecule has 0 amide bonds. The van der Waals surface area contributed by atoms with Gasteiger partial charge in [-0.3, -0.25) is 0 Å². The SMILES string of the molecule is CCCCCCCCCCCCCCCCCCCCCCCCCCCCCCCCCCCCCCCCCCCCCCC.[Li+].[Li+].[O-2]. The summed E-state index contributed by atoms with van der Waals surface area (Å²) in [5.74, 6) is 0. The van der Waals surface area contributed by atoms with Crippen LogP contribution < -0.4 is 37.7 Å². The summed E-state index contributed by atoms with van der Waals surface area (Å²) in [5, 5.41) is 0. The van der Waals surface area contributed by atoms with E-state index in [-0.39, 0.29) is 43.2 Å². The van der Waals surface area contributed by atoms with E-state index in [4.69, 9.17) is 0 Å². The number of hydrogen-bond acceptors (Lipinski definition) is 0. The second kappa shape index (κ2) is 56.9. The zero-order valence-corrected chi connectivity index (χ0v) is 36.2. The van der Waals surface area contributed by atoms with Crippen LogP contribution in [0.1, 0.15) is 303 Å². The topological polar surface area (TPSA) is 28.5 Å². The Labute approximate surface area is 344 Å². The molecule has 0 N–H and O–H groups in total. The first-order valence-electron chi connectivity index (χ1n) is 23.4. The molecule has 0 saturated heterocycles. The van der Waals surface area contributed by atoms with Gasteiger partial charge in [0.25, 0.3) is 0 Å². The normalized spacial score (nSPS) is 10.9. The maximum Gasteiger partial charge on any atom is 1.00 e. The maximum atomic E-state index is 2.31. The van der Waals surface area contributed by atoms with Crippen LogP contribution in [0.15, 0.2) is 0 Å². The quantitative estimate of drug-likeness (QED) is 0.0450.